The largest absolute Gasteiger partial charge is 0.342 e. The van der Waals surface area contributed by atoms with Gasteiger partial charge in [0.15, 0.2) is 0 Å². The molecule has 0 saturated carbocycles. The van der Waals surface area contributed by atoms with Crippen LogP contribution in [0, 0.1) is 0 Å². The lowest BCUT2D eigenvalue weighted by atomic mass is 9.67. The number of piperazine rings is 1. The third kappa shape index (κ3) is 2.29. The van der Waals surface area contributed by atoms with Gasteiger partial charge in [-0.2, -0.15) is 10.1 Å². The predicted molar refractivity (Wildman–Crippen MR) is 79.1 cm³/mol. The van der Waals surface area contributed by atoms with Crippen molar-refractivity contribution in [3.8, 4) is 0 Å². The molecule has 0 aromatic rings. The smallest absolute Gasteiger partial charge is 0.244 e. The van der Waals surface area contributed by atoms with Crippen molar-refractivity contribution in [2.45, 2.75) is 76.5 Å². The first-order valence-corrected chi connectivity index (χ1v) is 7.50. The molecule has 0 atom stereocenters. The summed E-state index contributed by atoms with van der Waals surface area (Å²) in [5.74, 6) is -0.0855. The van der Waals surface area contributed by atoms with E-state index >= 15 is 0 Å². The van der Waals surface area contributed by atoms with Crippen molar-refractivity contribution in [3.63, 3.8) is 0 Å². The highest BCUT2D eigenvalue weighted by Crippen LogP contribution is 2.48. The molecule has 0 bridgehead atoms. The van der Waals surface area contributed by atoms with Crippen molar-refractivity contribution in [2.24, 2.45) is 0 Å². The lowest BCUT2D eigenvalue weighted by Crippen LogP contribution is -2.77. The van der Waals surface area contributed by atoms with Gasteiger partial charge in [-0.3, -0.25) is 4.79 Å². The lowest BCUT2D eigenvalue weighted by Gasteiger charge is -2.63. The van der Waals surface area contributed by atoms with Crippen molar-refractivity contribution in [1.29, 1.82) is 0 Å². The first-order chi connectivity index (χ1) is 9.26. The lowest BCUT2D eigenvalue weighted by molar-refractivity contribution is -0.319. The fourth-order valence-electron chi connectivity index (χ4n) is 4.63. The number of piperidine rings is 1. The molecule has 6 nitrogen and oxygen atoms in total. The second-order valence-electron chi connectivity index (χ2n) is 8.55. The molecule has 2 aliphatic heterocycles. The molecule has 0 aromatic carbocycles. The van der Waals surface area contributed by atoms with Crippen molar-refractivity contribution in [2.75, 3.05) is 13.6 Å². The topological polar surface area (TPSA) is 67.2 Å². The molecular weight excluding hydrogens is 270 g/mol. The van der Waals surface area contributed by atoms with Gasteiger partial charge in [-0.05, 0) is 54.4 Å². The summed E-state index contributed by atoms with van der Waals surface area (Å²) < 4.78 is 0. The molecule has 1 amide bonds. The highest BCUT2D eigenvalue weighted by molar-refractivity contribution is 5.86. The van der Waals surface area contributed by atoms with E-state index in [1.165, 1.54) is 10.1 Å². The van der Waals surface area contributed by atoms with Gasteiger partial charge in [0.05, 0.1) is 5.54 Å². The van der Waals surface area contributed by atoms with Crippen molar-refractivity contribution in [3.05, 3.63) is 0 Å². The molecular formula is C15H29N3O3. The fraction of sp³-hybridized carbons (Fsp3) is 0.933. The minimum absolute atomic E-state index is 0.0855. The normalized spacial score (nSPS) is 31.7. The molecule has 2 aliphatic rings. The van der Waals surface area contributed by atoms with Gasteiger partial charge in [0.25, 0.3) is 0 Å². The Labute approximate surface area is 127 Å². The van der Waals surface area contributed by atoms with Crippen LogP contribution in [0.5, 0.6) is 0 Å². The zero-order chi connectivity index (χ0) is 16.4. The first-order valence-electron chi connectivity index (χ1n) is 7.50. The van der Waals surface area contributed by atoms with Gasteiger partial charge in [-0.1, -0.05) is 0 Å². The summed E-state index contributed by atoms with van der Waals surface area (Å²) in [5, 5.41) is 23.9. The van der Waals surface area contributed by atoms with E-state index in [9.17, 15) is 15.2 Å². The zero-order valence-electron chi connectivity index (χ0n) is 14.3. The van der Waals surface area contributed by atoms with E-state index in [0.717, 1.165) is 0 Å². The summed E-state index contributed by atoms with van der Waals surface area (Å²) in [6, 6.07) is 0. The number of hydrogen-bond donors (Lipinski definition) is 2. The number of rotatable bonds is 0. The van der Waals surface area contributed by atoms with Crippen LogP contribution >= 0.6 is 0 Å². The number of carbonyl (C=O) groups excluding carboxylic acids is 1. The Morgan fingerprint density at radius 1 is 0.905 bits per heavy atom. The third-order valence-corrected chi connectivity index (χ3v) is 5.05. The molecule has 2 fully saturated rings. The molecule has 2 N–H and O–H groups in total. The van der Waals surface area contributed by atoms with Gasteiger partial charge in [-0.15, -0.1) is 0 Å². The van der Waals surface area contributed by atoms with Crippen LogP contribution in [0.3, 0.4) is 0 Å². The van der Waals surface area contributed by atoms with Crippen LogP contribution in [0.25, 0.3) is 0 Å². The van der Waals surface area contributed by atoms with E-state index in [2.05, 4.69) is 0 Å². The Morgan fingerprint density at radius 3 is 1.76 bits per heavy atom. The maximum atomic E-state index is 12.3. The van der Waals surface area contributed by atoms with Gasteiger partial charge in [0, 0.05) is 24.7 Å². The molecule has 0 radical (unpaired) electrons. The summed E-state index contributed by atoms with van der Waals surface area (Å²) >= 11 is 0. The highest BCUT2D eigenvalue weighted by atomic mass is 16.5. The second-order valence-corrected chi connectivity index (χ2v) is 8.55. The van der Waals surface area contributed by atoms with E-state index in [1.807, 2.05) is 27.7 Å². The van der Waals surface area contributed by atoms with E-state index in [4.69, 9.17) is 0 Å². The fourth-order valence-corrected chi connectivity index (χ4v) is 4.63. The Hall–Kier alpha value is -0.690. The van der Waals surface area contributed by atoms with E-state index < -0.39 is 22.2 Å². The number of nitrogens with zero attached hydrogens (tertiary/aromatic N) is 3. The van der Waals surface area contributed by atoms with Gasteiger partial charge >= 0.3 is 0 Å². The SMILES string of the molecule is CN1CC2(CC(C)(C)N(O)C(C)(C)C2)N(O)C(C)(C)C1=O. The van der Waals surface area contributed by atoms with Crippen LogP contribution in [0.15, 0.2) is 0 Å². The molecule has 0 unspecified atom stereocenters. The molecule has 21 heavy (non-hydrogen) atoms. The molecule has 2 saturated heterocycles. The first kappa shape index (κ1) is 16.7. The van der Waals surface area contributed by atoms with Gasteiger partial charge < -0.3 is 15.3 Å². The van der Waals surface area contributed by atoms with Crippen molar-refractivity contribution >= 4 is 5.91 Å². The number of likely N-dealkylation sites (N-methyl/N-ethyl adjacent to an activating group) is 1. The molecule has 1 spiro atoms. The summed E-state index contributed by atoms with van der Waals surface area (Å²) in [7, 11) is 1.78. The quantitative estimate of drug-likeness (QED) is 0.713. The summed E-state index contributed by atoms with van der Waals surface area (Å²) in [4.78, 5) is 14.0. The van der Waals surface area contributed by atoms with Gasteiger partial charge in [-0.25, -0.2) is 0 Å². The minimum atomic E-state index is -0.962. The molecule has 6 heteroatoms. The second kappa shape index (κ2) is 4.41. The predicted octanol–water partition coefficient (Wildman–Crippen LogP) is 1.71. The number of hydroxylamine groups is 4. The highest BCUT2D eigenvalue weighted by Gasteiger charge is 2.61. The molecule has 2 heterocycles. The average molecular weight is 299 g/mol. The van der Waals surface area contributed by atoms with Crippen LogP contribution < -0.4 is 0 Å². The Morgan fingerprint density at radius 2 is 1.33 bits per heavy atom. The molecule has 0 aromatic heterocycles. The van der Waals surface area contributed by atoms with Crippen LogP contribution in [-0.2, 0) is 4.79 Å². The molecule has 122 valence electrons. The van der Waals surface area contributed by atoms with Crippen LogP contribution in [0.1, 0.15) is 54.4 Å². The number of carbonyl (C=O) groups is 1. The van der Waals surface area contributed by atoms with Crippen LogP contribution in [-0.4, -0.2) is 67.1 Å². The van der Waals surface area contributed by atoms with Crippen LogP contribution in [0.2, 0.25) is 0 Å². The molecule has 2 rings (SSSR count). The Balaban J connectivity index is 2.49. The Bertz CT molecular complexity index is 441. The van der Waals surface area contributed by atoms with E-state index in [-0.39, 0.29) is 5.91 Å². The number of hydrogen-bond acceptors (Lipinski definition) is 5. The minimum Gasteiger partial charge on any atom is -0.342 e. The monoisotopic (exact) mass is 299 g/mol. The number of amides is 1. The standard InChI is InChI=1S/C15H29N3O3/c1-12(2)8-15(9-13(3,4)17(12)20)10-16(7)11(19)14(5,6)18(15)21/h20-21H,8-10H2,1-7H3. The third-order valence-electron chi connectivity index (χ3n) is 5.05. The van der Waals surface area contributed by atoms with Crippen LogP contribution in [0.4, 0.5) is 0 Å². The summed E-state index contributed by atoms with van der Waals surface area (Å²) in [5.41, 5.74) is -2.49. The maximum Gasteiger partial charge on any atom is 0.244 e. The van der Waals surface area contributed by atoms with Gasteiger partial charge in [0.1, 0.15) is 5.54 Å². The summed E-state index contributed by atoms with van der Waals surface area (Å²) in [6.45, 7) is 11.8. The van der Waals surface area contributed by atoms with E-state index in [1.54, 1.807) is 25.8 Å². The maximum absolute atomic E-state index is 12.3. The Kier molecular flexibility index (Phi) is 3.50. The zero-order valence-corrected chi connectivity index (χ0v) is 14.3. The van der Waals surface area contributed by atoms with E-state index in [0.29, 0.717) is 19.4 Å². The van der Waals surface area contributed by atoms with Crippen molar-refractivity contribution < 1.29 is 15.2 Å². The molecule has 0 aliphatic carbocycles. The average Bonchev–Trinajstić information content (AvgIpc) is 2.31. The van der Waals surface area contributed by atoms with Gasteiger partial charge in [0.2, 0.25) is 5.91 Å². The van der Waals surface area contributed by atoms with Crippen molar-refractivity contribution in [1.82, 2.24) is 15.0 Å². The summed E-state index contributed by atoms with van der Waals surface area (Å²) in [6.07, 6.45) is 1.16.